The normalized spacial score (nSPS) is 19.0. The van der Waals surface area contributed by atoms with Crippen molar-refractivity contribution in [3.05, 3.63) is 40.6 Å². The van der Waals surface area contributed by atoms with Crippen molar-refractivity contribution in [2.24, 2.45) is 0 Å². The number of hydrogen-bond donors (Lipinski definition) is 2. The lowest BCUT2D eigenvalue weighted by atomic mass is 9.92. The topological polar surface area (TPSA) is 105 Å². The lowest BCUT2D eigenvalue weighted by Crippen LogP contribution is -2.46. The van der Waals surface area contributed by atoms with Crippen molar-refractivity contribution in [2.75, 3.05) is 11.9 Å². The molecule has 1 aliphatic heterocycles. The predicted octanol–water partition coefficient (Wildman–Crippen LogP) is 5.83. The zero-order valence-electron chi connectivity index (χ0n) is 21.9. The van der Waals surface area contributed by atoms with E-state index in [2.05, 4.69) is 5.32 Å². The molecule has 1 heterocycles. The van der Waals surface area contributed by atoms with Gasteiger partial charge in [-0.05, 0) is 81.7 Å². The Morgan fingerprint density at radius 3 is 2.17 bits per heavy atom. The first-order valence-electron chi connectivity index (χ1n) is 11.8. The highest BCUT2D eigenvalue weighted by Crippen LogP contribution is 2.34. The summed E-state index contributed by atoms with van der Waals surface area (Å²) < 4.78 is 46.9. The smallest absolute Gasteiger partial charge is 0.410 e. The molecule has 3 amide bonds. The lowest BCUT2D eigenvalue weighted by Gasteiger charge is -2.34. The van der Waals surface area contributed by atoms with Crippen LogP contribution in [0.2, 0.25) is 0 Å². The predicted molar refractivity (Wildman–Crippen MR) is 135 cm³/mol. The number of sulfonamides is 1. The first kappa shape index (κ1) is 28.6. The second-order valence-electron chi connectivity index (χ2n) is 10.8. The molecule has 1 aliphatic rings. The molecule has 2 N–H and O–H groups in total. The number of urea groups is 1. The standard InChI is InChI=1S/C25H38FN3O5S/c1-16(2)19-14-18(26)15-20(17(3)4)21(19)27-22(30)28-35(32,33)13-11-25(8)10-9-12-29(25)23(31)34-24(5,6)7/h11,13-17H,9-10,12H2,1-8H3,(H2,27,28,30)/b13-11+/t25-/m0/s1. The van der Waals surface area contributed by atoms with E-state index < -0.39 is 39.1 Å². The van der Waals surface area contributed by atoms with Gasteiger partial charge in [0.25, 0.3) is 10.0 Å². The van der Waals surface area contributed by atoms with E-state index in [4.69, 9.17) is 4.74 Å². The number of rotatable bonds is 6. The van der Waals surface area contributed by atoms with Crippen LogP contribution in [-0.2, 0) is 14.8 Å². The van der Waals surface area contributed by atoms with E-state index in [-0.39, 0.29) is 11.8 Å². The minimum Gasteiger partial charge on any atom is -0.444 e. The van der Waals surface area contributed by atoms with Crippen molar-refractivity contribution >= 4 is 27.8 Å². The molecule has 0 radical (unpaired) electrons. The van der Waals surface area contributed by atoms with E-state index >= 15 is 0 Å². The molecule has 1 atom stereocenters. The summed E-state index contributed by atoms with van der Waals surface area (Å²) in [5.41, 5.74) is -0.0151. The molecule has 0 saturated carbocycles. The van der Waals surface area contributed by atoms with Gasteiger partial charge in [0.15, 0.2) is 0 Å². The maximum Gasteiger partial charge on any atom is 0.410 e. The number of nitrogens with one attached hydrogen (secondary N) is 2. The van der Waals surface area contributed by atoms with Crippen molar-refractivity contribution < 1.29 is 27.1 Å². The Bertz CT molecular complexity index is 1060. The number of anilines is 1. The highest BCUT2D eigenvalue weighted by molar-refractivity contribution is 7.92. The van der Waals surface area contributed by atoms with Gasteiger partial charge in [0, 0.05) is 17.6 Å². The van der Waals surface area contributed by atoms with Crippen LogP contribution in [0.25, 0.3) is 0 Å². The molecule has 8 nitrogen and oxygen atoms in total. The van der Waals surface area contributed by atoms with Crippen molar-refractivity contribution in [1.29, 1.82) is 0 Å². The third-order valence-electron chi connectivity index (χ3n) is 5.78. The number of nitrogens with zero attached hydrogens (tertiary/aromatic N) is 1. The van der Waals surface area contributed by atoms with Gasteiger partial charge in [-0.2, -0.15) is 0 Å². The Morgan fingerprint density at radius 2 is 1.69 bits per heavy atom. The Morgan fingerprint density at radius 1 is 1.14 bits per heavy atom. The average molecular weight is 512 g/mol. The third kappa shape index (κ3) is 7.68. The molecule has 1 aromatic carbocycles. The fourth-order valence-electron chi connectivity index (χ4n) is 4.02. The van der Waals surface area contributed by atoms with Crippen LogP contribution in [0, 0.1) is 5.82 Å². The minimum absolute atomic E-state index is 0.101. The van der Waals surface area contributed by atoms with E-state index in [0.717, 1.165) is 5.41 Å². The quantitative estimate of drug-likeness (QED) is 0.500. The highest BCUT2D eigenvalue weighted by atomic mass is 32.2. The van der Waals surface area contributed by atoms with Gasteiger partial charge >= 0.3 is 12.1 Å². The molecule has 0 spiro atoms. The molecule has 1 aromatic rings. The summed E-state index contributed by atoms with van der Waals surface area (Å²) in [5, 5.41) is 3.50. The van der Waals surface area contributed by atoms with E-state index in [1.165, 1.54) is 23.1 Å². The van der Waals surface area contributed by atoms with Crippen LogP contribution in [0.5, 0.6) is 0 Å². The first-order chi connectivity index (χ1) is 15.9. The number of amides is 3. The molecule has 0 bridgehead atoms. The SMILES string of the molecule is CC(C)c1cc(F)cc(C(C)C)c1NC(=O)NS(=O)(=O)/C=C/[C@]1(C)CCCN1C(=O)OC(C)(C)C. The van der Waals surface area contributed by atoms with Crippen molar-refractivity contribution in [3.63, 3.8) is 0 Å². The Balaban J connectivity index is 2.21. The van der Waals surface area contributed by atoms with Gasteiger partial charge in [-0.25, -0.2) is 27.1 Å². The molecule has 196 valence electrons. The molecule has 35 heavy (non-hydrogen) atoms. The second-order valence-corrected chi connectivity index (χ2v) is 12.3. The summed E-state index contributed by atoms with van der Waals surface area (Å²) in [6, 6.07) is 1.73. The Labute approximate surface area is 208 Å². The number of ether oxygens (including phenoxy) is 1. The van der Waals surface area contributed by atoms with Crippen LogP contribution in [-0.4, -0.2) is 43.1 Å². The fraction of sp³-hybridized carbons (Fsp3) is 0.600. The van der Waals surface area contributed by atoms with Crippen molar-refractivity contribution in [2.45, 2.75) is 91.2 Å². The van der Waals surface area contributed by atoms with Crippen LogP contribution >= 0.6 is 0 Å². The molecule has 0 aliphatic carbocycles. The maximum atomic E-state index is 14.1. The Kier molecular flexibility index (Phi) is 8.63. The van der Waals surface area contributed by atoms with Crippen LogP contribution < -0.4 is 10.0 Å². The Hall–Kier alpha value is -2.62. The largest absolute Gasteiger partial charge is 0.444 e. The van der Waals surface area contributed by atoms with E-state index in [1.807, 2.05) is 32.4 Å². The van der Waals surface area contributed by atoms with Crippen molar-refractivity contribution in [1.82, 2.24) is 9.62 Å². The summed E-state index contributed by atoms with van der Waals surface area (Å²) in [4.78, 5) is 26.7. The molecule has 0 aromatic heterocycles. The number of carbonyl (C=O) groups is 2. The van der Waals surface area contributed by atoms with E-state index in [9.17, 15) is 22.4 Å². The summed E-state index contributed by atoms with van der Waals surface area (Å²) in [6.07, 6.45) is 2.12. The van der Waals surface area contributed by atoms with Gasteiger partial charge in [0.1, 0.15) is 11.4 Å². The molecular weight excluding hydrogens is 473 g/mol. The zero-order chi connectivity index (χ0) is 26.8. The first-order valence-corrected chi connectivity index (χ1v) is 13.4. The number of carbonyl (C=O) groups excluding carboxylic acids is 2. The number of halogens is 1. The molecule has 2 rings (SSSR count). The monoisotopic (exact) mass is 511 g/mol. The summed E-state index contributed by atoms with van der Waals surface area (Å²) in [7, 11) is -4.18. The maximum absolute atomic E-state index is 14.1. The zero-order valence-corrected chi connectivity index (χ0v) is 22.7. The number of hydrogen-bond acceptors (Lipinski definition) is 5. The van der Waals surface area contributed by atoms with Gasteiger partial charge in [0.05, 0.1) is 5.54 Å². The highest BCUT2D eigenvalue weighted by Gasteiger charge is 2.40. The molecule has 10 heteroatoms. The second kappa shape index (κ2) is 10.6. The minimum atomic E-state index is -4.18. The van der Waals surface area contributed by atoms with Gasteiger partial charge in [-0.1, -0.05) is 27.7 Å². The van der Waals surface area contributed by atoms with Gasteiger partial charge in [-0.15, -0.1) is 0 Å². The molecule has 1 saturated heterocycles. The molecular formula is C25H38FN3O5S. The van der Waals surface area contributed by atoms with Crippen LogP contribution in [0.4, 0.5) is 19.7 Å². The van der Waals surface area contributed by atoms with Crippen LogP contribution in [0.15, 0.2) is 23.6 Å². The number of benzene rings is 1. The number of likely N-dealkylation sites (tertiary alicyclic amines) is 1. The van der Waals surface area contributed by atoms with Gasteiger partial charge in [0.2, 0.25) is 0 Å². The third-order valence-corrected chi connectivity index (χ3v) is 6.75. The summed E-state index contributed by atoms with van der Waals surface area (Å²) in [6.45, 7) is 14.9. The van der Waals surface area contributed by atoms with Crippen LogP contribution in [0.3, 0.4) is 0 Å². The van der Waals surface area contributed by atoms with E-state index in [1.54, 1.807) is 27.7 Å². The van der Waals surface area contributed by atoms with Crippen LogP contribution in [0.1, 0.15) is 91.2 Å². The van der Waals surface area contributed by atoms with E-state index in [0.29, 0.717) is 36.2 Å². The average Bonchev–Trinajstić information content (AvgIpc) is 3.07. The fourth-order valence-corrected chi connectivity index (χ4v) is 4.87. The molecule has 1 fully saturated rings. The molecule has 0 unspecified atom stereocenters. The van der Waals surface area contributed by atoms with Gasteiger partial charge in [-0.3, -0.25) is 4.90 Å². The summed E-state index contributed by atoms with van der Waals surface area (Å²) in [5.74, 6) is -0.620. The van der Waals surface area contributed by atoms with Gasteiger partial charge < -0.3 is 10.1 Å². The summed E-state index contributed by atoms with van der Waals surface area (Å²) >= 11 is 0. The van der Waals surface area contributed by atoms with Crippen molar-refractivity contribution in [3.8, 4) is 0 Å². The lowest BCUT2D eigenvalue weighted by molar-refractivity contribution is 0.0169.